The third kappa shape index (κ3) is 7.50. The Balaban J connectivity index is 1.61. The number of carbonyl (C=O) groups is 2. The van der Waals surface area contributed by atoms with Gasteiger partial charge in [0.1, 0.15) is 0 Å². The van der Waals surface area contributed by atoms with Gasteiger partial charge in [0, 0.05) is 0 Å². The molecule has 0 bridgehead atoms. The van der Waals surface area contributed by atoms with E-state index in [2.05, 4.69) is 61.7 Å². The average molecular weight is 854 g/mol. The fourth-order valence-electron chi connectivity index (χ4n) is 6.17. The van der Waals surface area contributed by atoms with E-state index in [1.807, 2.05) is 97.1 Å². The molecule has 0 saturated heterocycles. The van der Waals surface area contributed by atoms with E-state index < -0.39 is 49.5 Å². The standard InChI is InChI=1S/2C9H8O2.4C6H5.CH2.2Sn/c2*1-2-7-3-5-8(6-4-7)9(10)11;4*1-2-4-6-5-3-1;;;/h2*2-6H,1H2,(H,10,11);4*1-5H;1H2;;/q;;;;;;;2*+1/p-2. The van der Waals surface area contributed by atoms with Crippen LogP contribution in [-0.4, -0.2) is 49.5 Å². The van der Waals surface area contributed by atoms with Crippen molar-refractivity contribution in [2.45, 2.75) is 2.45 Å². The van der Waals surface area contributed by atoms with E-state index in [1.54, 1.807) is 36.4 Å². The molecule has 0 unspecified atom stereocenters. The number of hydrogen-bond donors (Lipinski definition) is 0. The molecule has 6 aromatic rings. The minimum atomic E-state index is -4.70. The van der Waals surface area contributed by atoms with Crippen LogP contribution >= 0.6 is 0 Å². The Morgan fingerprint density at radius 1 is 0.429 bits per heavy atom. The van der Waals surface area contributed by atoms with Crippen LogP contribution in [0.2, 0.25) is 2.45 Å². The number of carbonyl (C=O) groups excluding carboxylic acids is 2. The SMILES string of the molecule is C=Cc1ccc(C(=O)[O][Sn]([CH2][Sn]([O]C(=O)c2ccc(C=C)cc2)([c]2ccccc2)[c]2ccccc2)([c]2ccccc2)[c]2ccccc2)cc1. The molecule has 0 aromatic heterocycles. The van der Waals surface area contributed by atoms with Crippen molar-refractivity contribution >= 4 is 76.0 Å². The van der Waals surface area contributed by atoms with E-state index in [9.17, 15) is 9.59 Å². The van der Waals surface area contributed by atoms with Crippen LogP contribution in [0.3, 0.4) is 0 Å². The Bertz CT molecular complexity index is 1800. The molecular weight excluding hydrogens is 818 g/mol. The van der Waals surface area contributed by atoms with Crippen molar-refractivity contribution in [3.05, 3.63) is 205 Å². The van der Waals surface area contributed by atoms with Crippen LogP contribution in [0.15, 0.2) is 183 Å². The summed E-state index contributed by atoms with van der Waals surface area (Å²) < 4.78 is 18.5. The van der Waals surface area contributed by atoms with Gasteiger partial charge in [-0.3, -0.25) is 0 Å². The molecule has 0 amide bonds. The first-order valence-corrected chi connectivity index (χ1v) is 28.2. The molecule has 49 heavy (non-hydrogen) atoms. The summed E-state index contributed by atoms with van der Waals surface area (Å²) in [6.45, 7) is 7.70. The van der Waals surface area contributed by atoms with Gasteiger partial charge in [-0.05, 0) is 0 Å². The molecule has 0 radical (unpaired) electrons. The minimum absolute atomic E-state index is 0.397. The van der Waals surface area contributed by atoms with Gasteiger partial charge in [0.15, 0.2) is 0 Å². The molecule has 0 heterocycles. The fraction of sp³-hybridized carbons (Fsp3) is 0.0233. The van der Waals surface area contributed by atoms with E-state index in [-0.39, 0.29) is 0 Å². The molecular formula is C43H36O4Sn2. The van der Waals surface area contributed by atoms with Crippen molar-refractivity contribution in [2.75, 3.05) is 0 Å². The Morgan fingerprint density at radius 3 is 0.939 bits per heavy atom. The summed E-state index contributed by atoms with van der Waals surface area (Å²) in [5.74, 6) is -0.793. The zero-order valence-corrected chi connectivity index (χ0v) is 32.8. The van der Waals surface area contributed by atoms with Crippen LogP contribution < -0.4 is 14.3 Å². The van der Waals surface area contributed by atoms with Gasteiger partial charge in [0.2, 0.25) is 0 Å². The van der Waals surface area contributed by atoms with E-state index >= 15 is 0 Å². The van der Waals surface area contributed by atoms with Crippen LogP contribution in [0.4, 0.5) is 0 Å². The van der Waals surface area contributed by atoms with Crippen molar-refractivity contribution < 1.29 is 15.7 Å². The Kier molecular flexibility index (Phi) is 11.0. The third-order valence-electron chi connectivity index (χ3n) is 8.76. The van der Waals surface area contributed by atoms with Gasteiger partial charge in [0.05, 0.1) is 0 Å². The summed E-state index contributed by atoms with van der Waals surface area (Å²) in [5.41, 5.74) is 2.74. The van der Waals surface area contributed by atoms with Crippen molar-refractivity contribution in [2.24, 2.45) is 0 Å². The Hall–Kier alpha value is -4.66. The fourth-order valence-corrected chi connectivity index (χ4v) is 56.8. The van der Waals surface area contributed by atoms with Gasteiger partial charge < -0.3 is 0 Å². The average Bonchev–Trinajstić information content (AvgIpc) is 3.18. The van der Waals surface area contributed by atoms with Crippen molar-refractivity contribution in [1.29, 1.82) is 0 Å². The van der Waals surface area contributed by atoms with E-state index in [0.717, 1.165) is 25.4 Å². The molecule has 0 aliphatic rings. The normalized spacial score (nSPS) is 11.3. The molecule has 240 valence electrons. The van der Waals surface area contributed by atoms with E-state index in [0.29, 0.717) is 13.6 Å². The molecule has 0 aliphatic carbocycles. The molecule has 6 aromatic carbocycles. The first kappa shape index (κ1) is 34.2. The summed E-state index contributed by atoms with van der Waals surface area (Å²) >= 11 is -9.41. The summed E-state index contributed by atoms with van der Waals surface area (Å²) in [7, 11) is 0. The molecule has 6 heteroatoms. The molecule has 6 rings (SSSR count). The number of benzene rings is 6. The molecule has 4 nitrogen and oxygen atoms in total. The second-order valence-corrected chi connectivity index (χ2v) is 36.7. The van der Waals surface area contributed by atoms with Gasteiger partial charge in [0.25, 0.3) is 0 Å². The van der Waals surface area contributed by atoms with Crippen molar-refractivity contribution in [1.82, 2.24) is 0 Å². The first-order valence-electron chi connectivity index (χ1n) is 16.1. The number of rotatable bonds is 12. The van der Waals surface area contributed by atoms with Crippen LogP contribution in [0, 0.1) is 0 Å². The van der Waals surface area contributed by atoms with E-state index in [1.165, 1.54) is 0 Å². The Morgan fingerprint density at radius 2 is 0.694 bits per heavy atom. The zero-order chi connectivity index (χ0) is 34.1. The molecule has 0 fully saturated rings. The van der Waals surface area contributed by atoms with Gasteiger partial charge in [-0.2, -0.15) is 0 Å². The summed E-state index contributed by atoms with van der Waals surface area (Å²) in [5, 5.41) is 0. The van der Waals surface area contributed by atoms with Gasteiger partial charge >= 0.3 is 299 Å². The van der Waals surface area contributed by atoms with E-state index in [4.69, 9.17) is 6.15 Å². The number of hydrogen-bond acceptors (Lipinski definition) is 4. The molecule has 0 aliphatic heterocycles. The predicted octanol–water partition coefficient (Wildman–Crippen LogP) is 7.05. The van der Waals surface area contributed by atoms with Gasteiger partial charge in [-0.15, -0.1) is 0 Å². The molecule has 0 saturated carbocycles. The van der Waals surface area contributed by atoms with Crippen molar-refractivity contribution in [3.8, 4) is 0 Å². The van der Waals surface area contributed by atoms with Crippen LogP contribution in [0.25, 0.3) is 12.2 Å². The zero-order valence-electron chi connectivity index (χ0n) is 27.1. The monoisotopic (exact) mass is 856 g/mol. The summed E-state index contributed by atoms with van der Waals surface area (Å²) in [6, 6.07) is 55.0. The molecule has 0 atom stereocenters. The quantitative estimate of drug-likeness (QED) is 0.124. The van der Waals surface area contributed by atoms with Crippen LogP contribution in [-0.2, 0) is 6.15 Å². The summed E-state index contributed by atoms with van der Waals surface area (Å²) in [6.07, 6.45) is 3.49. The maximum absolute atomic E-state index is 14.4. The second-order valence-electron chi connectivity index (χ2n) is 11.7. The van der Waals surface area contributed by atoms with Gasteiger partial charge in [-0.25, -0.2) is 0 Å². The van der Waals surface area contributed by atoms with Gasteiger partial charge in [-0.1, -0.05) is 0 Å². The maximum atomic E-state index is 14.4. The van der Waals surface area contributed by atoms with Crippen LogP contribution in [0.5, 0.6) is 0 Å². The first-order chi connectivity index (χ1) is 24.0. The van der Waals surface area contributed by atoms with Crippen molar-refractivity contribution in [3.63, 3.8) is 0 Å². The molecule has 0 N–H and O–H groups in total. The predicted molar refractivity (Wildman–Crippen MR) is 205 cm³/mol. The topological polar surface area (TPSA) is 52.6 Å². The molecule has 0 spiro atoms. The second kappa shape index (κ2) is 15.7. The van der Waals surface area contributed by atoms with Crippen LogP contribution in [0.1, 0.15) is 31.8 Å². The Labute approximate surface area is 297 Å². The third-order valence-corrected chi connectivity index (χ3v) is 48.2. The summed E-state index contributed by atoms with van der Waals surface area (Å²) in [4.78, 5) is 28.8.